The SMILES string of the molecule is CCCCCCCc1ccnc(-c2ccccc2OCCC(Cl)CC)c1. The predicted octanol–water partition coefficient (Wildman–Crippen LogP) is 7.05. The maximum atomic E-state index is 6.20. The van der Waals surface area contributed by atoms with E-state index in [4.69, 9.17) is 16.3 Å². The lowest BCUT2D eigenvalue weighted by molar-refractivity contribution is 0.309. The van der Waals surface area contributed by atoms with Crippen LogP contribution < -0.4 is 4.74 Å². The van der Waals surface area contributed by atoms with Crippen molar-refractivity contribution in [2.45, 2.75) is 70.6 Å². The van der Waals surface area contributed by atoms with E-state index in [0.717, 1.165) is 36.3 Å². The summed E-state index contributed by atoms with van der Waals surface area (Å²) in [7, 11) is 0. The highest BCUT2D eigenvalue weighted by Crippen LogP contribution is 2.29. The molecule has 1 aromatic carbocycles. The van der Waals surface area contributed by atoms with E-state index in [-0.39, 0.29) is 5.38 Å². The molecule has 142 valence electrons. The lowest BCUT2D eigenvalue weighted by Crippen LogP contribution is -2.06. The average molecular weight is 374 g/mol. The Kier molecular flexibility index (Phi) is 9.55. The van der Waals surface area contributed by atoms with Gasteiger partial charge >= 0.3 is 0 Å². The molecular weight excluding hydrogens is 342 g/mol. The van der Waals surface area contributed by atoms with Crippen LogP contribution in [-0.2, 0) is 6.42 Å². The van der Waals surface area contributed by atoms with Crippen LogP contribution in [-0.4, -0.2) is 17.0 Å². The topological polar surface area (TPSA) is 22.1 Å². The molecule has 0 N–H and O–H groups in total. The maximum absolute atomic E-state index is 6.20. The van der Waals surface area contributed by atoms with Gasteiger partial charge in [0.1, 0.15) is 5.75 Å². The standard InChI is InChI=1S/C23H32ClNO/c1-3-5-6-7-8-11-19-14-16-25-22(18-19)21-12-9-10-13-23(21)26-17-15-20(24)4-2/h9-10,12-14,16,18,20H,3-8,11,15,17H2,1-2H3. The number of para-hydroxylation sites is 1. The number of pyridine rings is 1. The van der Waals surface area contributed by atoms with Crippen molar-refractivity contribution < 1.29 is 4.74 Å². The summed E-state index contributed by atoms with van der Waals surface area (Å²) in [6, 6.07) is 12.5. The third-order valence-electron chi connectivity index (χ3n) is 4.69. The molecule has 2 aromatic rings. The lowest BCUT2D eigenvalue weighted by atomic mass is 10.0. The van der Waals surface area contributed by atoms with Gasteiger partial charge in [-0.05, 0) is 55.5 Å². The van der Waals surface area contributed by atoms with E-state index in [1.54, 1.807) is 0 Å². The molecule has 0 saturated carbocycles. The summed E-state index contributed by atoms with van der Waals surface area (Å²) in [5.74, 6) is 0.889. The zero-order valence-electron chi connectivity index (χ0n) is 16.2. The van der Waals surface area contributed by atoms with Crippen LogP contribution in [0.1, 0.15) is 64.4 Å². The molecular formula is C23H32ClNO. The van der Waals surface area contributed by atoms with Gasteiger partial charge in [0.05, 0.1) is 12.3 Å². The molecule has 26 heavy (non-hydrogen) atoms. The van der Waals surface area contributed by atoms with Crippen molar-refractivity contribution in [3.8, 4) is 17.0 Å². The lowest BCUT2D eigenvalue weighted by Gasteiger charge is -2.13. The highest BCUT2D eigenvalue weighted by molar-refractivity contribution is 6.20. The fourth-order valence-corrected chi connectivity index (χ4v) is 3.10. The van der Waals surface area contributed by atoms with Crippen LogP contribution in [0.5, 0.6) is 5.75 Å². The van der Waals surface area contributed by atoms with E-state index >= 15 is 0 Å². The number of ether oxygens (including phenoxy) is 1. The summed E-state index contributed by atoms with van der Waals surface area (Å²) in [5.41, 5.74) is 3.40. The molecule has 0 fully saturated rings. The highest BCUT2D eigenvalue weighted by atomic mass is 35.5. The molecule has 0 bridgehead atoms. The van der Waals surface area contributed by atoms with Crippen molar-refractivity contribution >= 4 is 11.6 Å². The van der Waals surface area contributed by atoms with E-state index in [9.17, 15) is 0 Å². The number of nitrogens with zero attached hydrogens (tertiary/aromatic N) is 1. The first-order valence-corrected chi connectivity index (χ1v) is 10.5. The average Bonchev–Trinajstić information content (AvgIpc) is 2.68. The number of halogens is 1. The molecule has 1 unspecified atom stereocenters. The Balaban J connectivity index is 2.00. The summed E-state index contributed by atoms with van der Waals surface area (Å²) in [5, 5.41) is 0.177. The van der Waals surface area contributed by atoms with Crippen LogP contribution >= 0.6 is 11.6 Å². The molecule has 2 rings (SSSR count). The monoisotopic (exact) mass is 373 g/mol. The zero-order chi connectivity index (χ0) is 18.6. The quantitative estimate of drug-likeness (QED) is 0.294. The number of hydrogen-bond donors (Lipinski definition) is 0. The fourth-order valence-electron chi connectivity index (χ4n) is 3.01. The Morgan fingerprint density at radius 2 is 1.85 bits per heavy atom. The van der Waals surface area contributed by atoms with Gasteiger partial charge in [0.2, 0.25) is 0 Å². The maximum Gasteiger partial charge on any atom is 0.128 e. The molecule has 0 amide bonds. The first-order valence-electron chi connectivity index (χ1n) is 10.1. The molecule has 2 nitrogen and oxygen atoms in total. The normalized spacial score (nSPS) is 12.1. The predicted molar refractivity (Wildman–Crippen MR) is 112 cm³/mol. The first kappa shape index (κ1) is 20.8. The van der Waals surface area contributed by atoms with Crippen LogP contribution in [0, 0.1) is 0 Å². The second kappa shape index (κ2) is 12.0. The van der Waals surface area contributed by atoms with Crippen molar-refractivity contribution in [2.75, 3.05) is 6.61 Å². The summed E-state index contributed by atoms with van der Waals surface area (Å²) >= 11 is 6.20. The smallest absolute Gasteiger partial charge is 0.128 e. The van der Waals surface area contributed by atoms with Crippen LogP contribution in [0.15, 0.2) is 42.6 Å². The number of rotatable bonds is 12. The third kappa shape index (κ3) is 6.99. The summed E-state index contributed by atoms with van der Waals surface area (Å²) in [6.45, 7) is 4.99. The second-order valence-electron chi connectivity index (χ2n) is 6.85. The number of unbranched alkanes of at least 4 members (excludes halogenated alkanes) is 4. The van der Waals surface area contributed by atoms with Crippen molar-refractivity contribution in [1.82, 2.24) is 4.98 Å². The number of alkyl halides is 1. The molecule has 0 spiro atoms. The van der Waals surface area contributed by atoms with Crippen molar-refractivity contribution in [2.24, 2.45) is 0 Å². The first-order chi connectivity index (χ1) is 12.7. The number of aryl methyl sites for hydroxylation is 1. The molecule has 1 atom stereocenters. The van der Waals surface area contributed by atoms with Gasteiger partial charge in [-0.1, -0.05) is 51.7 Å². The van der Waals surface area contributed by atoms with Gasteiger partial charge in [-0.2, -0.15) is 0 Å². The molecule has 1 heterocycles. The Labute approximate surface area is 164 Å². The van der Waals surface area contributed by atoms with Crippen LogP contribution in [0.25, 0.3) is 11.3 Å². The van der Waals surface area contributed by atoms with Crippen molar-refractivity contribution in [1.29, 1.82) is 0 Å². The Morgan fingerprint density at radius 1 is 1.04 bits per heavy atom. The molecule has 0 aliphatic rings. The van der Waals surface area contributed by atoms with Gasteiger partial charge in [-0.15, -0.1) is 11.6 Å². The van der Waals surface area contributed by atoms with Gasteiger partial charge in [0.15, 0.2) is 0 Å². The van der Waals surface area contributed by atoms with Gasteiger partial charge in [-0.3, -0.25) is 4.98 Å². The largest absolute Gasteiger partial charge is 0.493 e. The van der Waals surface area contributed by atoms with E-state index in [1.807, 2.05) is 24.4 Å². The van der Waals surface area contributed by atoms with E-state index in [2.05, 4.69) is 37.0 Å². The summed E-state index contributed by atoms with van der Waals surface area (Å²) in [6.07, 6.45) is 11.4. The minimum atomic E-state index is 0.177. The van der Waals surface area contributed by atoms with Gasteiger partial charge < -0.3 is 4.74 Å². The zero-order valence-corrected chi connectivity index (χ0v) is 17.0. The molecule has 1 aromatic heterocycles. The molecule has 3 heteroatoms. The van der Waals surface area contributed by atoms with Gasteiger partial charge in [-0.25, -0.2) is 0 Å². The highest BCUT2D eigenvalue weighted by Gasteiger charge is 2.09. The Morgan fingerprint density at radius 3 is 2.65 bits per heavy atom. The van der Waals surface area contributed by atoms with Crippen LogP contribution in [0.4, 0.5) is 0 Å². The molecule has 0 aliphatic heterocycles. The van der Waals surface area contributed by atoms with E-state index < -0.39 is 0 Å². The molecule has 0 aliphatic carbocycles. The molecule has 0 saturated heterocycles. The summed E-state index contributed by atoms with van der Waals surface area (Å²) in [4.78, 5) is 4.58. The Bertz CT molecular complexity index is 644. The van der Waals surface area contributed by atoms with Crippen molar-refractivity contribution in [3.63, 3.8) is 0 Å². The molecule has 0 radical (unpaired) electrons. The minimum absolute atomic E-state index is 0.177. The third-order valence-corrected chi connectivity index (χ3v) is 5.21. The van der Waals surface area contributed by atoms with E-state index in [1.165, 1.54) is 37.7 Å². The minimum Gasteiger partial charge on any atom is -0.493 e. The number of hydrogen-bond acceptors (Lipinski definition) is 2. The fraction of sp³-hybridized carbons (Fsp3) is 0.522. The van der Waals surface area contributed by atoms with E-state index in [0.29, 0.717) is 6.61 Å². The number of benzene rings is 1. The van der Waals surface area contributed by atoms with Gasteiger partial charge in [0.25, 0.3) is 0 Å². The van der Waals surface area contributed by atoms with Gasteiger partial charge in [0, 0.05) is 17.1 Å². The van der Waals surface area contributed by atoms with Crippen LogP contribution in [0.3, 0.4) is 0 Å². The summed E-state index contributed by atoms with van der Waals surface area (Å²) < 4.78 is 6.00. The van der Waals surface area contributed by atoms with Crippen LogP contribution in [0.2, 0.25) is 0 Å². The number of aromatic nitrogens is 1. The second-order valence-corrected chi connectivity index (χ2v) is 7.47. The Hall–Kier alpha value is -1.54. The van der Waals surface area contributed by atoms with Crippen molar-refractivity contribution in [3.05, 3.63) is 48.2 Å².